The summed E-state index contributed by atoms with van der Waals surface area (Å²) in [6.07, 6.45) is 6.18. The second-order valence-corrected chi connectivity index (χ2v) is 11.3. The van der Waals surface area contributed by atoms with E-state index in [0.29, 0.717) is 17.4 Å². The lowest BCUT2D eigenvalue weighted by molar-refractivity contribution is -0.124. The van der Waals surface area contributed by atoms with Crippen LogP contribution < -0.4 is 10.0 Å². The minimum atomic E-state index is -3.48. The summed E-state index contributed by atoms with van der Waals surface area (Å²) in [5.74, 6) is 1.53. The van der Waals surface area contributed by atoms with Crippen LogP contribution in [0, 0.1) is 11.8 Å². The summed E-state index contributed by atoms with van der Waals surface area (Å²) in [6.45, 7) is 0.418. The Kier molecular flexibility index (Phi) is 6.34. The number of carbonyl (C=O) groups excluding carboxylic acids is 1. The summed E-state index contributed by atoms with van der Waals surface area (Å²) in [5, 5.41) is 3.13. The number of aliphatic imine (C=N–C) groups is 1. The molecular weight excluding hydrogens is 434 g/mol. The maximum atomic E-state index is 12.9. The predicted octanol–water partition coefficient (Wildman–Crippen LogP) is 3.79. The Hall–Kier alpha value is -2.51. The van der Waals surface area contributed by atoms with Gasteiger partial charge >= 0.3 is 0 Å². The average Bonchev–Trinajstić information content (AvgIpc) is 3.27. The van der Waals surface area contributed by atoms with E-state index >= 15 is 0 Å². The SMILES string of the molecule is O=C(NC1=NC2CCc3ccccc3C2C1)C1CCC(CNS(=O)(=O)c2ccccc2)CC1. The van der Waals surface area contributed by atoms with Crippen LogP contribution in [0.15, 0.2) is 64.5 Å². The van der Waals surface area contributed by atoms with Crippen LogP contribution in [0.4, 0.5) is 0 Å². The number of sulfonamides is 1. The summed E-state index contributed by atoms with van der Waals surface area (Å²) in [5.41, 5.74) is 2.81. The lowest BCUT2D eigenvalue weighted by Crippen LogP contribution is -2.38. The molecule has 0 radical (unpaired) electrons. The second kappa shape index (κ2) is 9.39. The molecule has 2 aromatic rings. The predicted molar refractivity (Wildman–Crippen MR) is 129 cm³/mol. The van der Waals surface area contributed by atoms with Crippen LogP contribution >= 0.6 is 0 Å². The van der Waals surface area contributed by atoms with Gasteiger partial charge in [0.05, 0.1) is 10.9 Å². The maximum Gasteiger partial charge on any atom is 0.240 e. The second-order valence-electron chi connectivity index (χ2n) is 9.56. The largest absolute Gasteiger partial charge is 0.314 e. The quantitative estimate of drug-likeness (QED) is 0.704. The van der Waals surface area contributed by atoms with Crippen LogP contribution in [0.1, 0.15) is 55.6 Å². The molecule has 0 saturated heterocycles. The van der Waals surface area contributed by atoms with Crippen molar-refractivity contribution in [1.82, 2.24) is 10.0 Å². The number of aryl methyl sites for hydroxylation is 1. The topological polar surface area (TPSA) is 87.6 Å². The molecule has 1 amide bonds. The van der Waals surface area contributed by atoms with E-state index in [4.69, 9.17) is 4.99 Å². The Labute approximate surface area is 195 Å². The van der Waals surface area contributed by atoms with Crippen molar-refractivity contribution in [1.29, 1.82) is 0 Å². The summed E-state index contributed by atoms with van der Waals surface area (Å²) in [6, 6.07) is 17.3. The summed E-state index contributed by atoms with van der Waals surface area (Å²) in [4.78, 5) is 18.1. The van der Waals surface area contributed by atoms with Crippen molar-refractivity contribution >= 4 is 21.8 Å². The normalized spacial score (nSPS) is 26.7. The van der Waals surface area contributed by atoms with Crippen molar-refractivity contribution in [2.75, 3.05) is 6.54 Å². The molecule has 1 heterocycles. The fourth-order valence-corrected chi connectivity index (χ4v) is 6.70. The average molecular weight is 466 g/mol. The molecule has 33 heavy (non-hydrogen) atoms. The molecule has 2 N–H and O–H groups in total. The Bertz CT molecular complexity index is 1140. The minimum Gasteiger partial charge on any atom is -0.314 e. The lowest BCUT2D eigenvalue weighted by atomic mass is 9.79. The fourth-order valence-electron chi connectivity index (χ4n) is 5.56. The van der Waals surface area contributed by atoms with Gasteiger partial charge in [-0.05, 0) is 67.7 Å². The molecule has 5 rings (SSSR count). The third-order valence-electron chi connectivity index (χ3n) is 7.46. The van der Waals surface area contributed by atoms with Crippen molar-refractivity contribution in [3.8, 4) is 0 Å². The molecule has 2 atom stereocenters. The van der Waals surface area contributed by atoms with Crippen LogP contribution in [0.3, 0.4) is 0 Å². The number of amidine groups is 1. The fraction of sp³-hybridized carbons (Fsp3) is 0.462. The van der Waals surface area contributed by atoms with E-state index in [0.717, 1.165) is 50.8 Å². The van der Waals surface area contributed by atoms with E-state index < -0.39 is 10.0 Å². The molecule has 2 aliphatic carbocycles. The zero-order valence-electron chi connectivity index (χ0n) is 18.7. The number of hydrogen-bond acceptors (Lipinski definition) is 4. The standard InChI is InChI=1S/C26H31N3O3S/c30-26(29-25-16-23-22-9-5-4-6-19(22)14-15-24(23)28-25)20-12-10-18(11-13-20)17-27-33(31,32)21-7-2-1-3-8-21/h1-9,18,20,23-24,27H,10-17H2,(H,28,29,30). The van der Waals surface area contributed by atoms with Crippen molar-refractivity contribution < 1.29 is 13.2 Å². The molecule has 7 heteroatoms. The van der Waals surface area contributed by atoms with E-state index in [1.165, 1.54) is 11.1 Å². The number of fused-ring (bicyclic) bond motifs is 3. The molecule has 1 fully saturated rings. The van der Waals surface area contributed by atoms with Crippen LogP contribution in [-0.2, 0) is 21.2 Å². The first-order valence-corrected chi connectivity index (χ1v) is 13.5. The van der Waals surface area contributed by atoms with Gasteiger partial charge in [-0.1, -0.05) is 42.5 Å². The molecule has 2 aromatic carbocycles. The van der Waals surface area contributed by atoms with Gasteiger partial charge in [0.15, 0.2) is 0 Å². The van der Waals surface area contributed by atoms with Crippen molar-refractivity contribution in [3.63, 3.8) is 0 Å². The number of benzene rings is 2. The third-order valence-corrected chi connectivity index (χ3v) is 8.90. The van der Waals surface area contributed by atoms with Gasteiger partial charge in [0, 0.05) is 24.8 Å². The van der Waals surface area contributed by atoms with E-state index in [1.807, 2.05) is 0 Å². The van der Waals surface area contributed by atoms with Crippen LogP contribution in [0.2, 0.25) is 0 Å². The van der Waals surface area contributed by atoms with Gasteiger partial charge in [0.1, 0.15) is 5.84 Å². The number of carbonyl (C=O) groups is 1. The first kappa shape index (κ1) is 22.3. The van der Waals surface area contributed by atoms with Crippen LogP contribution in [-0.4, -0.2) is 32.7 Å². The molecule has 174 valence electrons. The highest BCUT2D eigenvalue weighted by Gasteiger charge is 2.36. The third kappa shape index (κ3) is 4.89. The molecule has 6 nitrogen and oxygen atoms in total. The smallest absolute Gasteiger partial charge is 0.240 e. The van der Waals surface area contributed by atoms with Crippen molar-refractivity contribution in [3.05, 3.63) is 65.7 Å². The van der Waals surface area contributed by atoms with Gasteiger partial charge in [0.25, 0.3) is 0 Å². The Morgan fingerprint density at radius 3 is 2.45 bits per heavy atom. The van der Waals surface area contributed by atoms with Crippen LogP contribution in [0.25, 0.3) is 0 Å². The molecule has 2 unspecified atom stereocenters. The molecule has 1 aliphatic heterocycles. The van der Waals surface area contributed by atoms with Gasteiger partial charge in [-0.15, -0.1) is 0 Å². The molecule has 0 spiro atoms. The number of amides is 1. The highest BCUT2D eigenvalue weighted by atomic mass is 32.2. The van der Waals surface area contributed by atoms with E-state index in [-0.39, 0.29) is 23.8 Å². The van der Waals surface area contributed by atoms with Gasteiger partial charge in [0.2, 0.25) is 15.9 Å². The molecule has 1 saturated carbocycles. The van der Waals surface area contributed by atoms with Gasteiger partial charge in [-0.2, -0.15) is 0 Å². The van der Waals surface area contributed by atoms with E-state index in [1.54, 1.807) is 30.3 Å². The Morgan fingerprint density at radius 1 is 0.939 bits per heavy atom. The van der Waals surface area contributed by atoms with E-state index in [2.05, 4.69) is 34.3 Å². The summed E-state index contributed by atoms with van der Waals surface area (Å²) < 4.78 is 27.6. The summed E-state index contributed by atoms with van der Waals surface area (Å²) >= 11 is 0. The van der Waals surface area contributed by atoms with Gasteiger partial charge < -0.3 is 5.32 Å². The molecule has 3 aliphatic rings. The number of nitrogens with one attached hydrogen (secondary N) is 2. The highest BCUT2D eigenvalue weighted by Crippen LogP contribution is 2.39. The first-order valence-electron chi connectivity index (χ1n) is 12.0. The minimum absolute atomic E-state index is 0.0235. The molecular formula is C26H31N3O3S. The maximum absolute atomic E-state index is 12.9. The monoisotopic (exact) mass is 465 g/mol. The van der Waals surface area contributed by atoms with Crippen molar-refractivity contribution in [2.45, 2.75) is 61.8 Å². The molecule has 0 aromatic heterocycles. The molecule has 0 bridgehead atoms. The zero-order chi connectivity index (χ0) is 22.8. The lowest BCUT2D eigenvalue weighted by Gasteiger charge is -2.28. The van der Waals surface area contributed by atoms with E-state index in [9.17, 15) is 13.2 Å². The number of hydrogen-bond donors (Lipinski definition) is 2. The zero-order valence-corrected chi connectivity index (χ0v) is 19.6. The number of rotatable bonds is 5. The van der Waals surface area contributed by atoms with Gasteiger partial charge in [-0.3, -0.25) is 9.79 Å². The highest BCUT2D eigenvalue weighted by molar-refractivity contribution is 7.89. The number of nitrogens with zero attached hydrogens (tertiary/aromatic N) is 1. The summed E-state index contributed by atoms with van der Waals surface area (Å²) in [7, 11) is -3.48. The first-order chi connectivity index (χ1) is 16.0. The van der Waals surface area contributed by atoms with Crippen LogP contribution in [0.5, 0.6) is 0 Å². The Balaban J connectivity index is 1.10. The van der Waals surface area contributed by atoms with Crippen molar-refractivity contribution in [2.24, 2.45) is 16.8 Å². The van der Waals surface area contributed by atoms with Gasteiger partial charge in [-0.25, -0.2) is 13.1 Å². The Morgan fingerprint density at radius 2 is 1.67 bits per heavy atom.